The van der Waals surface area contributed by atoms with Crippen LogP contribution >= 0.6 is 11.6 Å². The first kappa shape index (κ1) is 23.1. The van der Waals surface area contributed by atoms with Crippen molar-refractivity contribution in [1.29, 1.82) is 0 Å². The van der Waals surface area contributed by atoms with Crippen LogP contribution in [0.1, 0.15) is 30.6 Å². The van der Waals surface area contributed by atoms with Gasteiger partial charge in [0.1, 0.15) is 34.5 Å². The fourth-order valence-corrected chi connectivity index (χ4v) is 5.64. The monoisotopic (exact) mass is 489 g/mol. The smallest absolute Gasteiger partial charge is 0.261 e. The quantitative estimate of drug-likeness (QED) is 0.640. The van der Waals surface area contributed by atoms with Crippen LogP contribution in [0.25, 0.3) is 11.3 Å². The minimum atomic E-state index is -0.544. The van der Waals surface area contributed by atoms with Gasteiger partial charge < -0.3 is 30.3 Å². The first-order valence-electron chi connectivity index (χ1n) is 11.5. The van der Waals surface area contributed by atoms with E-state index in [9.17, 15) is 9.18 Å². The van der Waals surface area contributed by atoms with Crippen LogP contribution in [0.3, 0.4) is 0 Å². The molecule has 2 aromatic rings. The Labute approximate surface area is 203 Å². The van der Waals surface area contributed by atoms with E-state index in [1.165, 1.54) is 12.1 Å². The van der Waals surface area contributed by atoms with Gasteiger partial charge in [-0.15, -0.1) is 0 Å². The Hall–Kier alpha value is -2.62. The second kappa shape index (κ2) is 8.55. The van der Waals surface area contributed by atoms with Crippen molar-refractivity contribution in [3.63, 3.8) is 0 Å². The van der Waals surface area contributed by atoms with E-state index in [0.29, 0.717) is 37.6 Å². The minimum absolute atomic E-state index is 0.0728. The molecule has 2 unspecified atom stereocenters. The van der Waals surface area contributed by atoms with E-state index in [4.69, 9.17) is 31.8 Å². The van der Waals surface area contributed by atoms with E-state index in [2.05, 4.69) is 5.32 Å². The van der Waals surface area contributed by atoms with Crippen molar-refractivity contribution in [3.05, 3.63) is 34.6 Å². The molecule has 3 aliphatic rings. The molecule has 1 aromatic heterocycles. The van der Waals surface area contributed by atoms with Crippen LogP contribution in [0.15, 0.2) is 18.2 Å². The summed E-state index contributed by atoms with van der Waals surface area (Å²) < 4.78 is 26.9. The van der Waals surface area contributed by atoms with Gasteiger partial charge in [-0.2, -0.15) is 0 Å². The lowest BCUT2D eigenvalue weighted by molar-refractivity contribution is 0.0604. The minimum Gasteiger partial charge on any atom is -0.489 e. The van der Waals surface area contributed by atoms with Gasteiger partial charge >= 0.3 is 0 Å². The number of pyridine rings is 1. The van der Waals surface area contributed by atoms with Gasteiger partial charge in [0.25, 0.3) is 5.91 Å². The van der Waals surface area contributed by atoms with Crippen LogP contribution in [-0.2, 0) is 4.74 Å². The Kier molecular flexibility index (Phi) is 5.82. The molecular weight excluding hydrogens is 461 g/mol. The van der Waals surface area contributed by atoms with Crippen LogP contribution < -0.4 is 20.7 Å². The normalized spacial score (nSPS) is 23.9. The third-order valence-electron chi connectivity index (χ3n) is 7.24. The second-order valence-electron chi connectivity index (χ2n) is 9.49. The molecule has 0 saturated carbocycles. The van der Waals surface area contributed by atoms with E-state index in [1.807, 2.05) is 23.6 Å². The molecule has 182 valence electrons. The standard InChI is InChI=1S/C24H29ClFN5O3/c1-24(2)16(33-3)7-9-31(24)22-18-21(34-12-13-11-28-8-10-30(13)23(18)32)19(25)20(29-22)17-14(26)5-4-6-15(17)27/h4-6,13,16,28H,7-12,27H2,1-3H3. The lowest BCUT2D eigenvalue weighted by atomic mass is 9.97. The molecule has 4 heterocycles. The average molecular weight is 490 g/mol. The number of benzene rings is 1. The predicted molar refractivity (Wildman–Crippen MR) is 129 cm³/mol. The highest BCUT2D eigenvalue weighted by atomic mass is 35.5. The largest absolute Gasteiger partial charge is 0.489 e. The second-order valence-corrected chi connectivity index (χ2v) is 9.87. The van der Waals surface area contributed by atoms with Crippen molar-refractivity contribution >= 4 is 29.0 Å². The number of anilines is 2. The van der Waals surface area contributed by atoms with Crippen molar-refractivity contribution < 1.29 is 18.7 Å². The zero-order chi connectivity index (χ0) is 24.2. The van der Waals surface area contributed by atoms with Gasteiger partial charge in [0.2, 0.25) is 0 Å². The predicted octanol–water partition coefficient (Wildman–Crippen LogP) is 2.93. The topological polar surface area (TPSA) is 92.9 Å². The number of piperazine rings is 1. The molecule has 3 N–H and O–H groups in total. The van der Waals surface area contributed by atoms with Crippen molar-refractivity contribution in [3.8, 4) is 17.0 Å². The first-order chi connectivity index (χ1) is 16.3. The fraction of sp³-hybridized carbons (Fsp3) is 0.500. The maximum atomic E-state index is 15.0. The van der Waals surface area contributed by atoms with Gasteiger partial charge in [0.15, 0.2) is 5.75 Å². The molecule has 34 heavy (non-hydrogen) atoms. The molecule has 3 aliphatic heterocycles. The van der Waals surface area contributed by atoms with Crippen molar-refractivity contribution in [2.75, 3.05) is 50.5 Å². The van der Waals surface area contributed by atoms with Crippen LogP contribution in [0.4, 0.5) is 15.9 Å². The molecular formula is C24H29ClFN5O3. The Balaban J connectivity index is 1.77. The van der Waals surface area contributed by atoms with Gasteiger partial charge in [-0.25, -0.2) is 9.37 Å². The number of amides is 1. The molecule has 1 amide bonds. The molecule has 2 saturated heterocycles. The van der Waals surface area contributed by atoms with E-state index >= 15 is 0 Å². The van der Waals surface area contributed by atoms with Gasteiger partial charge in [0.05, 0.1) is 23.2 Å². The number of ether oxygens (including phenoxy) is 2. The maximum absolute atomic E-state index is 15.0. The van der Waals surface area contributed by atoms with E-state index in [-0.39, 0.29) is 52.4 Å². The number of fused-ring (bicyclic) bond motifs is 2. The molecule has 5 rings (SSSR count). The zero-order valence-electron chi connectivity index (χ0n) is 19.5. The molecule has 1 aromatic carbocycles. The van der Waals surface area contributed by atoms with Gasteiger partial charge in [-0.1, -0.05) is 17.7 Å². The number of halogens is 2. The SMILES string of the molecule is COC1CCN(c2nc(-c3c(N)cccc3F)c(Cl)c3c2C(=O)N2CCNCC2CO3)C1(C)C. The molecule has 0 bridgehead atoms. The number of hydrogen-bond acceptors (Lipinski definition) is 7. The highest BCUT2D eigenvalue weighted by Gasteiger charge is 2.46. The maximum Gasteiger partial charge on any atom is 0.261 e. The van der Waals surface area contributed by atoms with Gasteiger partial charge in [-0.3, -0.25) is 4.79 Å². The summed E-state index contributed by atoms with van der Waals surface area (Å²) in [5.41, 5.74) is 6.44. The summed E-state index contributed by atoms with van der Waals surface area (Å²) in [4.78, 5) is 22.6. The number of rotatable bonds is 3. The summed E-state index contributed by atoms with van der Waals surface area (Å²) in [6.45, 7) is 6.83. The third-order valence-corrected chi connectivity index (χ3v) is 7.59. The van der Waals surface area contributed by atoms with Crippen LogP contribution in [0.2, 0.25) is 5.02 Å². The molecule has 0 spiro atoms. The molecule has 2 fully saturated rings. The number of nitrogens with zero attached hydrogens (tertiary/aromatic N) is 3. The summed E-state index contributed by atoms with van der Waals surface area (Å²) in [6, 6.07) is 4.30. The van der Waals surface area contributed by atoms with Crippen molar-refractivity contribution in [2.45, 2.75) is 38.0 Å². The van der Waals surface area contributed by atoms with Crippen molar-refractivity contribution in [2.24, 2.45) is 0 Å². The molecule has 10 heteroatoms. The number of nitrogen functional groups attached to an aromatic ring is 1. The Morgan fingerprint density at radius 3 is 2.82 bits per heavy atom. The first-order valence-corrected chi connectivity index (χ1v) is 11.9. The summed E-state index contributed by atoms with van der Waals surface area (Å²) in [6.07, 6.45) is 0.682. The number of methoxy groups -OCH3 is 1. The molecule has 8 nitrogen and oxygen atoms in total. The number of hydrogen-bond donors (Lipinski definition) is 2. The summed E-state index contributed by atoms with van der Waals surface area (Å²) in [5.74, 6) is -0.100. The van der Waals surface area contributed by atoms with E-state index in [0.717, 1.165) is 6.42 Å². The van der Waals surface area contributed by atoms with Crippen LogP contribution in [-0.4, -0.2) is 73.4 Å². The Morgan fingerprint density at radius 2 is 2.12 bits per heavy atom. The van der Waals surface area contributed by atoms with Gasteiger partial charge in [-0.05, 0) is 32.4 Å². The van der Waals surface area contributed by atoms with Crippen molar-refractivity contribution in [1.82, 2.24) is 15.2 Å². The fourth-order valence-electron chi connectivity index (χ4n) is 5.36. The Morgan fingerprint density at radius 1 is 1.32 bits per heavy atom. The Bertz CT molecular complexity index is 1120. The number of carbonyl (C=O) groups is 1. The molecule has 0 radical (unpaired) electrons. The zero-order valence-corrected chi connectivity index (χ0v) is 20.3. The third kappa shape index (κ3) is 3.49. The lowest BCUT2D eigenvalue weighted by Gasteiger charge is -2.38. The van der Waals surface area contributed by atoms with E-state index in [1.54, 1.807) is 13.2 Å². The van der Waals surface area contributed by atoms with Gasteiger partial charge in [0, 0.05) is 39.0 Å². The van der Waals surface area contributed by atoms with Crippen LogP contribution in [0.5, 0.6) is 5.75 Å². The highest BCUT2D eigenvalue weighted by Crippen LogP contribution is 2.47. The number of aromatic nitrogens is 1. The van der Waals surface area contributed by atoms with Crippen LogP contribution in [0, 0.1) is 5.82 Å². The lowest BCUT2D eigenvalue weighted by Crippen LogP contribution is -2.55. The number of carbonyl (C=O) groups excluding carboxylic acids is 1. The average Bonchev–Trinajstić information content (AvgIpc) is 3.02. The molecule has 0 aliphatic carbocycles. The number of nitrogens with two attached hydrogens (primary N) is 1. The number of nitrogens with one attached hydrogen (secondary N) is 1. The summed E-state index contributed by atoms with van der Waals surface area (Å²) >= 11 is 6.81. The molecule has 2 atom stereocenters. The highest BCUT2D eigenvalue weighted by molar-refractivity contribution is 6.35. The van der Waals surface area contributed by atoms with E-state index < -0.39 is 11.4 Å². The summed E-state index contributed by atoms with van der Waals surface area (Å²) in [7, 11) is 1.68. The summed E-state index contributed by atoms with van der Waals surface area (Å²) in [5, 5.41) is 3.39.